The summed E-state index contributed by atoms with van der Waals surface area (Å²) in [4.78, 5) is 12.1. The first kappa shape index (κ1) is 16.1. The fourth-order valence-electron chi connectivity index (χ4n) is 3.16. The molecule has 126 valence electrons. The summed E-state index contributed by atoms with van der Waals surface area (Å²) in [6.45, 7) is -1.21. The number of hydrogen-bond donors (Lipinski definition) is 0. The van der Waals surface area contributed by atoms with Crippen LogP contribution in [-0.4, -0.2) is 38.6 Å². The van der Waals surface area contributed by atoms with E-state index in [0.29, 0.717) is 13.0 Å². The van der Waals surface area contributed by atoms with Gasteiger partial charge in [0.15, 0.2) is 0 Å². The maximum absolute atomic E-state index is 12.1. The van der Waals surface area contributed by atoms with E-state index in [-0.39, 0.29) is 30.5 Å². The Kier molecular flexibility index (Phi) is 4.23. The van der Waals surface area contributed by atoms with Crippen LogP contribution in [0.3, 0.4) is 0 Å². The number of carbonyl (C=O) groups is 1. The van der Waals surface area contributed by atoms with Crippen LogP contribution in [0.4, 0.5) is 13.2 Å². The summed E-state index contributed by atoms with van der Waals surface area (Å²) < 4.78 is 50.8. The van der Waals surface area contributed by atoms with Crippen molar-refractivity contribution in [1.82, 2.24) is 0 Å². The van der Waals surface area contributed by atoms with Crippen LogP contribution in [0.1, 0.15) is 18.4 Å². The molecule has 1 fully saturated rings. The lowest BCUT2D eigenvalue weighted by Gasteiger charge is -2.26. The zero-order valence-electron chi connectivity index (χ0n) is 12.4. The first-order valence-corrected chi connectivity index (χ1v) is 7.46. The molecule has 4 nitrogen and oxygen atoms in total. The highest BCUT2D eigenvalue weighted by atomic mass is 19.4. The zero-order valence-corrected chi connectivity index (χ0v) is 12.4. The van der Waals surface area contributed by atoms with Crippen molar-refractivity contribution < 1.29 is 32.2 Å². The first-order valence-electron chi connectivity index (χ1n) is 7.46. The predicted molar refractivity (Wildman–Crippen MR) is 74.2 cm³/mol. The van der Waals surface area contributed by atoms with E-state index in [9.17, 15) is 18.0 Å². The standard InChI is InChI=1S/C16H17F3O4/c17-16(18,19)10-21-7-8-23-14(20)12-9-15(12)5-6-22-13-4-2-1-3-11(13)15/h1-4,12H,5-10H2. The Balaban J connectivity index is 1.50. The van der Waals surface area contributed by atoms with Gasteiger partial charge in [0, 0.05) is 11.0 Å². The fraction of sp³-hybridized carbons (Fsp3) is 0.562. The van der Waals surface area contributed by atoms with Crippen LogP contribution < -0.4 is 4.74 Å². The molecule has 1 aromatic rings. The molecule has 23 heavy (non-hydrogen) atoms. The quantitative estimate of drug-likeness (QED) is 0.615. The van der Waals surface area contributed by atoms with E-state index in [1.807, 2.05) is 24.3 Å². The molecule has 2 atom stereocenters. The SMILES string of the molecule is O=C(OCCOCC(F)(F)F)C1CC12CCOc1ccccc12. The van der Waals surface area contributed by atoms with Gasteiger partial charge in [0.25, 0.3) is 0 Å². The third-order valence-electron chi connectivity index (χ3n) is 4.33. The molecule has 0 aromatic heterocycles. The summed E-state index contributed by atoms with van der Waals surface area (Å²) in [5, 5.41) is 0. The predicted octanol–water partition coefficient (Wildman–Crippen LogP) is 2.85. The summed E-state index contributed by atoms with van der Waals surface area (Å²) >= 11 is 0. The third kappa shape index (κ3) is 3.44. The van der Waals surface area contributed by atoms with Crippen LogP contribution in [-0.2, 0) is 19.7 Å². The van der Waals surface area contributed by atoms with Crippen LogP contribution >= 0.6 is 0 Å². The molecule has 0 radical (unpaired) electrons. The molecular weight excluding hydrogens is 313 g/mol. The minimum Gasteiger partial charge on any atom is -0.493 e. The Bertz CT molecular complexity index is 587. The number of carbonyl (C=O) groups excluding carboxylic acids is 1. The minimum absolute atomic E-state index is 0.167. The topological polar surface area (TPSA) is 44.8 Å². The van der Waals surface area contributed by atoms with E-state index in [1.54, 1.807) is 0 Å². The summed E-state index contributed by atoms with van der Waals surface area (Å²) in [5.74, 6) is 0.162. The molecular formula is C16H17F3O4. The lowest BCUT2D eigenvalue weighted by Crippen LogP contribution is -2.25. The molecule has 2 unspecified atom stereocenters. The van der Waals surface area contributed by atoms with E-state index in [2.05, 4.69) is 4.74 Å². The maximum Gasteiger partial charge on any atom is 0.411 e. The molecule has 1 aromatic carbocycles. The van der Waals surface area contributed by atoms with Crippen LogP contribution in [0, 0.1) is 5.92 Å². The molecule has 1 aliphatic carbocycles. The van der Waals surface area contributed by atoms with E-state index < -0.39 is 12.8 Å². The second-order valence-electron chi connectivity index (χ2n) is 5.84. The van der Waals surface area contributed by atoms with E-state index in [0.717, 1.165) is 17.7 Å². The molecule has 7 heteroatoms. The lowest BCUT2D eigenvalue weighted by molar-refractivity contribution is -0.177. The van der Waals surface area contributed by atoms with E-state index in [4.69, 9.17) is 9.47 Å². The lowest BCUT2D eigenvalue weighted by atomic mass is 9.87. The summed E-state index contributed by atoms with van der Waals surface area (Å²) in [7, 11) is 0. The summed E-state index contributed by atoms with van der Waals surface area (Å²) in [6.07, 6.45) is -2.93. The second-order valence-corrected chi connectivity index (χ2v) is 5.84. The number of fused-ring (bicyclic) bond motifs is 2. The third-order valence-corrected chi connectivity index (χ3v) is 4.33. The normalized spacial score (nSPS) is 25.6. The molecule has 1 spiro atoms. The van der Waals surface area contributed by atoms with Crippen molar-refractivity contribution in [1.29, 1.82) is 0 Å². The van der Waals surface area contributed by atoms with Gasteiger partial charge in [-0.3, -0.25) is 4.79 Å². The zero-order chi connectivity index (χ0) is 16.5. The number of benzene rings is 1. The van der Waals surface area contributed by atoms with Gasteiger partial charge in [0.05, 0.1) is 19.1 Å². The Morgan fingerprint density at radius 2 is 2.09 bits per heavy atom. The number of hydrogen-bond acceptors (Lipinski definition) is 4. The summed E-state index contributed by atoms with van der Waals surface area (Å²) in [6, 6.07) is 7.61. The molecule has 1 aliphatic heterocycles. The van der Waals surface area contributed by atoms with Gasteiger partial charge in [-0.05, 0) is 18.9 Å². The largest absolute Gasteiger partial charge is 0.493 e. The van der Waals surface area contributed by atoms with Gasteiger partial charge in [-0.1, -0.05) is 18.2 Å². The average molecular weight is 330 g/mol. The van der Waals surface area contributed by atoms with E-state index in [1.165, 1.54) is 0 Å². The molecule has 0 bridgehead atoms. The maximum atomic E-state index is 12.1. The monoisotopic (exact) mass is 330 g/mol. The van der Waals surface area contributed by atoms with Crippen molar-refractivity contribution in [3.63, 3.8) is 0 Å². The van der Waals surface area contributed by atoms with Gasteiger partial charge >= 0.3 is 12.1 Å². The molecule has 0 saturated heterocycles. The van der Waals surface area contributed by atoms with Crippen LogP contribution in [0.15, 0.2) is 24.3 Å². The van der Waals surface area contributed by atoms with E-state index >= 15 is 0 Å². The average Bonchev–Trinajstić information content (AvgIpc) is 3.21. The molecule has 0 N–H and O–H groups in total. The highest BCUT2D eigenvalue weighted by Gasteiger charge is 2.61. The van der Waals surface area contributed by atoms with Gasteiger partial charge in [0.2, 0.25) is 0 Å². The Morgan fingerprint density at radius 1 is 1.30 bits per heavy atom. The van der Waals surface area contributed by atoms with Gasteiger partial charge in [-0.25, -0.2) is 0 Å². The molecule has 1 saturated carbocycles. The Hall–Kier alpha value is -1.76. The Morgan fingerprint density at radius 3 is 2.87 bits per heavy atom. The van der Waals surface area contributed by atoms with Crippen LogP contribution in [0.2, 0.25) is 0 Å². The Labute approximate surface area is 131 Å². The number of rotatable bonds is 5. The van der Waals surface area contributed by atoms with Crippen molar-refractivity contribution in [2.75, 3.05) is 26.4 Å². The van der Waals surface area contributed by atoms with Crippen molar-refractivity contribution in [3.8, 4) is 5.75 Å². The summed E-state index contributed by atoms with van der Waals surface area (Å²) in [5.41, 5.74) is 0.778. The first-order chi connectivity index (χ1) is 10.9. The van der Waals surface area contributed by atoms with Crippen LogP contribution in [0.5, 0.6) is 5.75 Å². The smallest absolute Gasteiger partial charge is 0.411 e. The van der Waals surface area contributed by atoms with Gasteiger partial charge in [-0.15, -0.1) is 0 Å². The van der Waals surface area contributed by atoms with Gasteiger partial charge in [0.1, 0.15) is 19.0 Å². The number of esters is 1. The molecule has 1 heterocycles. The number of halogens is 3. The van der Waals surface area contributed by atoms with Crippen molar-refractivity contribution in [2.45, 2.75) is 24.4 Å². The number of alkyl halides is 3. The fourth-order valence-corrected chi connectivity index (χ4v) is 3.16. The molecule has 0 amide bonds. The molecule has 2 aliphatic rings. The number of para-hydroxylation sites is 1. The minimum atomic E-state index is -4.36. The van der Waals surface area contributed by atoms with Gasteiger partial charge < -0.3 is 14.2 Å². The van der Waals surface area contributed by atoms with Crippen LogP contribution in [0.25, 0.3) is 0 Å². The highest BCUT2D eigenvalue weighted by Crippen LogP contribution is 2.60. The van der Waals surface area contributed by atoms with Crippen molar-refractivity contribution in [3.05, 3.63) is 29.8 Å². The van der Waals surface area contributed by atoms with Crippen molar-refractivity contribution >= 4 is 5.97 Å². The molecule has 3 rings (SSSR count). The van der Waals surface area contributed by atoms with Gasteiger partial charge in [-0.2, -0.15) is 13.2 Å². The van der Waals surface area contributed by atoms with Crippen molar-refractivity contribution in [2.24, 2.45) is 5.92 Å². The number of ether oxygens (including phenoxy) is 3. The highest BCUT2D eigenvalue weighted by molar-refractivity contribution is 5.80. The second kappa shape index (κ2) is 6.03.